The molecule has 332 valence electrons. The molecule has 21 nitrogen and oxygen atoms in total. The highest BCUT2D eigenvalue weighted by Crippen LogP contribution is 2.50. The zero-order chi connectivity index (χ0) is 44.7. The molecule has 4 aromatic heterocycles. The molecule has 1 aromatic carbocycles. The summed E-state index contributed by atoms with van der Waals surface area (Å²) >= 11 is 1.78. The fraction of sp³-hybridized carbons (Fsp3) is 0.514. The third-order valence-electron chi connectivity index (χ3n) is 11.0. The smallest absolute Gasteiger partial charge is 0.408 e. The number of carbonyl (C=O) groups is 2. The quantitative estimate of drug-likeness (QED) is 0.0489. The summed E-state index contributed by atoms with van der Waals surface area (Å²) in [6.45, 7) is 13.1. The number of aromatic amines is 1. The van der Waals surface area contributed by atoms with Gasteiger partial charge >= 0.3 is 8.03 Å². The van der Waals surface area contributed by atoms with Gasteiger partial charge in [0, 0.05) is 39.9 Å². The highest BCUT2D eigenvalue weighted by Gasteiger charge is 2.55. The van der Waals surface area contributed by atoms with Crippen LogP contribution in [0.15, 0.2) is 54.1 Å². The second kappa shape index (κ2) is 18.8. The van der Waals surface area contributed by atoms with Crippen molar-refractivity contribution in [1.29, 1.82) is 0 Å². The largest absolute Gasteiger partial charge is 0.511 e. The van der Waals surface area contributed by atoms with Crippen molar-refractivity contribution in [2.24, 2.45) is 5.92 Å². The average molecular weight is 1030 g/mol. The van der Waals surface area contributed by atoms with Gasteiger partial charge in [-0.25, -0.2) is 19.9 Å². The van der Waals surface area contributed by atoms with E-state index in [1.54, 1.807) is 70.8 Å². The van der Waals surface area contributed by atoms with Gasteiger partial charge in [0.2, 0.25) is 24.0 Å². The lowest BCUT2D eigenvalue weighted by molar-refractivity contribution is -0.118. The minimum Gasteiger partial charge on any atom is -0.408 e. The number of imidazole rings is 2. The second-order valence-electron chi connectivity index (χ2n) is 16.7. The number of rotatable bonds is 15. The van der Waals surface area contributed by atoms with E-state index in [1.165, 1.54) is 23.5 Å². The van der Waals surface area contributed by atoms with Crippen LogP contribution in [0.2, 0.25) is 18.1 Å². The molecule has 2 saturated heterocycles. The molecule has 0 spiro atoms. The lowest BCUT2D eigenvalue weighted by Gasteiger charge is -2.39. The third-order valence-corrected chi connectivity index (χ3v) is 17.8. The minimum atomic E-state index is -2.60. The Kier molecular flexibility index (Phi) is 14.0. The normalized spacial score (nSPS) is 23.9. The van der Waals surface area contributed by atoms with Crippen LogP contribution >= 0.6 is 36.1 Å². The first-order chi connectivity index (χ1) is 29.3. The van der Waals surface area contributed by atoms with E-state index in [-0.39, 0.29) is 57.9 Å². The number of hydrogen-bond acceptors (Lipinski definition) is 16. The minimum absolute atomic E-state index is 0.0479. The van der Waals surface area contributed by atoms with E-state index >= 15 is 0 Å². The van der Waals surface area contributed by atoms with Crippen LogP contribution in [-0.4, -0.2) is 112 Å². The first kappa shape index (κ1) is 46.3. The molecule has 9 atom stereocenters. The fourth-order valence-corrected chi connectivity index (χ4v) is 10.6. The molecule has 2 fully saturated rings. The maximum atomic E-state index is 14.3. The number of aliphatic hydroxyl groups is 1. The number of fused-ring (bicyclic) bond motifs is 2. The van der Waals surface area contributed by atoms with Crippen molar-refractivity contribution in [3.05, 3.63) is 65.2 Å². The molecule has 6 heterocycles. The molecular formula is C37H48IN10O11P2Si+. The maximum absolute atomic E-state index is 14.3. The topological polar surface area (TPSA) is 269 Å². The van der Waals surface area contributed by atoms with Crippen molar-refractivity contribution in [2.75, 3.05) is 23.4 Å². The van der Waals surface area contributed by atoms with Crippen LogP contribution in [0.4, 0.5) is 11.8 Å². The van der Waals surface area contributed by atoms with E-state index in [0.717, 1.165) is 0 Å². The van der Waals surface area contributed by atoms with Gasteiger partial charge < -0.3 is 33.7 Å². The second-order valence-corrected chi connectivity index (χ2v) is 25.8. The number of H-pyrrole nitrogens is 1. The molecule has 0 aliphatic carbocycles. The predicted molar refractivity (Wildman–Crippen MR) is 238 cm³/mol. The summed E-state index contributed by atoms with van der Waals surface area (Å²) in [7, 11) is -5.19. The average Bonchev–Trinajstić information content (AvgIpc) is 3.99. The van der Waals surface area contributed by atoms with Gasteiger partial charge in [-0.1, -0.05) is 52.8 Å². The van der Waals surface area contributed by atoms with Gasteiger partial charge in [-0.05, 0) is 34.8 Å². The molecular weight excluding hydrogens is 977 g/mol. The van der Waals surface area contributed by atoms with Crippen LogP contribution in [-0.2, 0) is 32.3 Å². The van der Waals surface area contributed by atoms with E-state index in [2.05, 4.69) is 61.3 Å². The zero-order valence-corrected chi connectivity index (χ0v) is 39.8. The number of ether oxygens (including phenoxy) is 2. The molecule has 5 N–H and O–H groups in total. The van der Waals surface area contributed by atoms with Gasteiger partial charge in [-0.3, -0.25) is 33.8 Å². The Morgan fingerprint density at radius 2 is 1.73 bits per heavy atom. The SMILES string of the molecule is CC(C)C(=O)Nc1nc2c(ncn2[C@@H]2O[C@H](CO)[C@@H](O[Si](C)(C)C(C)(C)C)[C@H]2O[P+](=O)C[C@@H]2C[C@@H](OP(O)I)[C@H](n3cnc4c(NC(=O)c5ccccc5)ncnc43)O2)c(=O)[nH]1. The van der Waals surface area contributed by atoms with Gasteiger partial charge in [-0.2, -0.15) is 4.98 Å². The number of anilines is 2. The molecule has 2 aliphatic rings. The highest BCUT2D eigenvalue weighted by atomic mass is 127. The maximum Gasteiger partial charge on any atom is 0.511 e. The number of amides is 2. The van der Waals surface area contributed by atoms with Crippen LogP contribution in [0.3, 0.4) is 0 Å². The molecule has 2 aliphatic heterocycles. The molecule has 0 bridgehead atoms. The summed E-state index contributed by atoms with van der Waals surface area (Å²) in [5, 5.41) is 15.8. The van der Waals surface area contributed by atoms with E-state index in [4.69, 9.17) is 22.9 Å². The summed E-state index contributed by atoms with van der Waals surface area (Å²) in [5.41, 5.74) is 0.413. The summed E-state index contributed by atoms with van der Waals surface area (Å²) in [5.74, 6) is -1.09. The van der Waals surface area contributed by atoms with Crippen molar-refractivity contribution < 1.29 is 47.1 Å². The molecule has 25 heteroatoms. The van der Waals surface area contributed by atoms with Crippen molar-refractivity contribution in [1.82, 2.24) is 39.0 Å². The van der Waals surface area contributed by atoms with Crippen molar-refractivity contribution in [2.45, 2.75) is 102 Å². The predicted octanol–water partition coefficient (Wildman–Crippen LogP) is 5.54. The highest BCUT2D eigenvalue weighted by molar-refractivity contribution is 14.2. The van der Waals surface area contributed by atoms with Crippen LogP contribution in [0.1, 0.15) is 63.9 Å². The number of aliphatic hydroxyl groups excluding tert-OH is 1. The van der Waals surface area contributed by atoms with E-state index in [1.807, 2.05) is 13.1 Å². The number of nitrogens with one attached hydrogen (secondary N) is 3. The number of carbonyl (C=O) groups excluding carboxylic acids is 2. The van der Waals surface area contributed by atoms with Gasteiger partial charge in [-0.15, -0.1) is 4.52 Å². The van der Waals surface area contributed by atoms with Crippen LogP contribution in [0.25, 0.3) is 22.3 Å². The van der Waals surface area contributed by atoms with Gasteiger partial charge in [0.25, 0.3) is 11.5 Å². The Morgan fingerprint density at radius 3 is 2.39 bits per heavy atom. The summed E-state index contributed by atoms with van der Waals surface area (Å²) < 4.78 is 49.4. The van der Waals surface area contributed by atoms with Gasteiger partial charge in [0.15, 0.2) is 55.0 Å². The van der Waals surface area contributed by atoms with E-state index < -0.39 is 83.4 Å². The first-order valence-electron chi connectivity index (χ1n) is 19.7. The van der Waals surface area contributed by atoms with Gasteiger partial charge in [0.1, 0.15) is 30.7 Å². The number of aromatic nitrogens is 8. The summed E-state index contributed by atoms with van der Waals surface area (Å²) in [6, 6.07) is 6.74. The number of halogens is 1. The monoisotopic (exact) mass is 1030 g/mol. The molecule has 5 aromatic rings. The molecule has 7 rings (SSSR count). The van der Waals surface area contributed by atoms with Crippen molar-refractivity contribution >= 4 is 90.3 Å². The standard InChI is InChI=1S/C37H47IN10O11P2Si/c1-19(2)31(50)45-36-44-30-25(33(52)46-36)42-18-48(30)35-27(26(23(14-49)56-35)59-62(6,7)37(3,4)5)58-60(53)15-21-13-22(57-61(38)54)34(55-21)47-17-41-24-28(39-16-40-29(24)47)43-32(51)20-11-9-8-10-12-20/h8-12,16-19,21-23,26-27,34-35,49,54H,13-15H2,1-7H3,(H2-,39,40,43,44,45,46,50,51,52)/p+1/t21-,22+,23+,26+,27+,34+,35+,61?/m0/s1. The zero-order valence-electron chi connectivity index (χ0n) is 34.8. The first-order valence-corrected chi connectivity index (χ1v) is 28.0. The van der Waals surface area contributed by atoms with Crippen LogP contribution in [0, 0.1) is 5.92 Å². The van der Waals surface area contributed by atoms with E-state index in [0.29, 0.717) is 11.2 Å². The number of benzene rings is 1. The fourth-order valence-electron chi connectivity index (χ4n) is 6.81. The summed E-state index contributed by atoms with van der Waals surface area (Å²) in [6.07, 6.45) is -2.37. The molecule has 2 amide bonds. The molecule has 2 unspecified atom stereocenters. The Hall–Kier alpha value is -3.74. The van der Waals surface area contributed by atoms with Crippen molar-refractivity contribution in [3.63, 3.8) is 0 Å². The lowest BCUT2D eigenvalue weighted by atomic mass is 10.1. The van der Waals surface area contributed by atoms with E-state index in [9.17, 15) is 28.9 Å². The lowest BCUT2D eigenvalue weighted by Crippen LogP contribution is -2.50. The summed E-state index contributed by atoms with van der Waals surface area (Å²) in [4.78, 5) is 73.5. The van der Waals surface area contributed by atoms with Crippen LogP contribution in [0.5, 0.6) is 0 Å². The Labute approximate surface area is 371 Å². The van der Waals surface area contributed by atoms with Gasteiger partial charge in [0.05, 0.1) is 19.3 Å². The molecule has 0 saturated carbocycles. The number of nitrogens with zero attached hydrogens (tertiary/aromatic N) is 7. The van der Waals surface area contributed by atoms with Crippen LogP contribution < -0.4 is 16.2 Å². The Morgan fingerprint density at radius 1 is 1.03 bits per heavy atom. The molecule has 0 radical (unpaired) electrons. The third kappa shape index (κ3) is 9.82. The van der Waals surface area contributed by atoms with Crippen molar-refractivity contribution in [3.8, 4) is 0 Å². The Balaban J connectivity index is 1.16. The Bertz CT molecular complexity index is 2500. The number of hydrogen-bond donors (Lipinski definition) is 5. The molecule has 62 heavy (non-hydrogen) atoms.